The zero-order valence-electron chi connectivity index (χ0n) is 20.1. The fraction of sp³-hybridized carbons (Fsp3) is 0.714. The van der Waals surface area contributed by atoms with Gasteiger partial charge in [0.1, 0.15) is 24.2 Å². The summed E-state index contributed by atoms with van der Waals surface area (Å²) in [5.74, 6) is -5.22. The second-order valence-electron chi connectivity index (χ2n) is 8.46. The molecule has 1 aliphatic rings. The largest absolute Gasteiger partial charge is 0.481 e. The molecule has 0 aromatic carbocycles. The molecule has 0 aliphatic carbocycles. The molecule has 0 spiro atoms. The summed E-state index contributed by atoms with van der Waals surface area (Å²) < 4.78 is 0. The summed E-state index contributed by atoms with van der Waals surface area (Å²) in [6.45, 7) is 6.37. The molecule has 4 N–H and O–H groups in total. The maximum Gasteiger partial charge on any atom is 0.326 e. The van der Waals surface area contributed by atoms with Crippen molar-refractivity contribution >= 4 is 35.6 Å². The molecule has 1 saturated heterocycles. The van der Waals surface area contributed by atoms with Gasteiger partial charge in [-0.1, -0.05) is 13.8 Å². The topological polar surface area (TPSA) is 183 Å². The molecular weight excluding hydrogens is 452 g/mol. The van der Waals surface area contributed by atoms with Gasteiger partial charge in [-0.05, 0) is 32.6 Å². The fourth-order valence-electron chi connectivity index (χ4n) is 3.62. The minimum absolute atomic E-state index is 0.268. The number of rotatable bonds is 12. The average Bonchev–Trinajstić information content (AvgIpc) is 3.25. The van der Waals surface area contributed by atoms with E-state index in [0.29, 0.717) is 12.8 Å². The number of hydrogen-bond acceptors (Lipinski definition) is 7. The van der Waals surface area contributed by atoms with Crippen molar-refractivity contribution < 1.29 is 43.8 Å². The van der Waals surface area contributed by atoms with Crippen molar-refractivity contribution in [2.24, 2.45) is 5.92 Å². The standard InChI is InChI=1S/C21H34N4O9/c1-11(2)17(21(32)33)23-19(30)14-7-6-10-24(14)20(31)12(3)22-18(29)13(4)25(34-5)15(26)8-9-16(27)28/h11-14,17H,6-10H2,1-5H3,(H,22,29)(H,23,30)(H,27,28)(H,32,33)/t12-,13-,14-,17-/m0/s1. The van der Waals surface area contributed by atoms with E-state index < -0.39 is 66.2 Å². The van der Waals surface area contributed by atoms with Gasteiger partial charge in [0.2, 0.25) is 23.6 Å². The molecule has 13 nitrogen and oxygen atoms in total. The van der Waals surface area contributed by atoms with Crippen LogP contribution in [-0.2, 0) is 33.6 Å². The molecule has 0 radical (unpaired) electrons. The van der Waals surface area contributed by atoms with Crippen LogP contribution in [0, 0.1) is 5.92 Å². The Kier molecular flexibility index (Phi) is 10.9. The van der Waals surface area contributed by atoms with Crippen LogP contribution in [0.25, 0.3) is 0 Å². The third-order valence-corrected chi connectivity index (χ3v) is 5.52. The Labute approximate surface area is 197 Å². The van der Waals surface area contributed by atoms with Crippen LogP contribution in [0.4, 0.5) is 0 Å². The van der Waals surface area contributed by atoms with Gasteiger partial charge in [-0.3, -0.25) is 28.8 Å². The number of carbonyl (C=O) groups excluding carboxylic acids is 4. The number of hydroxylamine groups is 2. The van der Waals surface area contributed by atoms with Crippen molar-refractivity contribution in [1.82, 2.24) is 20.6 Å². The minimum Gasteiger partial charge on any atom is -0.481 e. The normalized spacial score (nSPS) is 18.1. The predicted molar refractivity (Wildman–Crippen MR) is 117 cm³/mol. The Morgan fingerprint density at radius 2 is 1.65 bits per heavy atom. The van der Waals surface area contributed by atoms with Crippen molar-refractivity contribution in [2.45, 2.75) is 77.5 Å². The minimum atomic E-state index is -1.17. The van der Waals surface area contributed by atoms with Crippen LogP contribution in [0.5, 0.6) is 0 Å². The number of nitrogens with one attached hydrogen (secondary N) is 2. The average molecular weight is 487 g/mol. The van der Waals surface area contributed by atoms with Crippen LogP contribution in [0.3, 0.4) is 0 Å². The summed E-state index contributed by atoms with van der Waals surface area (Å²) in [6.07, 6.45) is 0.0951. The monoisotopic (exact) mass is 486 g/mol. The number of carboxylic acid groups (broad SMARTS) is 2. The van der Waals surface area contributed by atoms with Gasteiger partial charge in [-0.2, -0.15) is 0 Å². The number of aliphatic carboxylic acids is 2. The third kappa shape index (κ3) is 7.68. The molecule has 1 fully saturated rings. The fourth-order valence-corrected chi connectivity index (χ4v) is 3.62. The molecule has 4 amide bonds. The van der Waals surface area contributed by atoms with Crippen molar-refractivity contribution in [3.63, 3.8) is 0 Å². The Bertz CT molecular complexity index is 801. The van der Waals surface area contributed by atoms with E-state index in [2.05, 4.69) is 10.6 Å². The van der Waals surface area contributed by atoms with E-state index in [0.717, 1.165) is 12.2 Å². The lowest BCUT2D eigenvalue weighted by atomic mass is 10.0. The summed E-state index contributed by atoms with van der Waals surface area (Å²) >= 11 is 0. The van der Waals surface area contributed by atoms with Crippen LogP contribution in [0.2, 0.25) is 0 Å². The zero-order chi connectivity index (χ0) is 26.2. The third-order valence-electron chi connectivity index (χ3n) is 5.52. The molecule has 0 bridgehead atoms. The second kappa shape index (κ2) is 12.9. The van der Waals surface area contributed by atoms with Crippen molar-refractivity contribution in [3.05, 3.63) is 0 Å². The SMILES string of the molecule is CON(C(=O)CCC(=O)O)[C@@H](C)C(=O)N[C@@H](C)C(=O)N1CCC[C@H]1C(=O)N[C@H](C(=O)O)C(C)C. The van der Waals surface area contributed by atoms with E-state index in [1.807, 2.05) is 0 Å². The molecule has 192 valence electrons. The maximum absolute atomic E-state index is 13.0. The first kappa shape index (κ1) is 28.8. The first-order valence-electron chi connectivity index (χ1n) is 11.0. The number of nitrogens with zero attached hydrogens (tertiary/aromatic N) is 2. The molecule has 1 rings (SSSR count). The lowest BCUT2D eigenvalue weighted by Gasteiger charge is -2.30. The Morgan fingerprint density at radius 1 is 1.03 bits per heavy atom. The van der Waals surface area contributed by atoms with Crippen LogP contribution >= 0.6 is 0 Å². The van der Waals surface area contributed by atoms with E-state index in [9.17, 15) is 33.9 Å². The van der Waals surface area contributed by atoms with E-state index in [1.54, 1.807) is 13.8 Å². The maximum atomic E-state index is 13.0. The number of carbonyl (C=O) groups is 6. The van der Waals surface area contributed by atoms with Gasteiger partial charge >= 0.3 is 11.9 Å². The van der Waals surface area contributed by atoms with Gasteiger partial charge in [0, 0.05) is 13.0 Å². The summed E-state index contributed by atoms with van der Waals surface area (Å²) in [4.78, 5) is 78.7. The molecule has 1 aliphatic heterocycles. The first-order chi connectivity index (χ1) is 15.8. The highest BCUT2D eigenvalue weighted by molar-refractivity contribution is 5.95. The van der Waals surface area contributed by atoms with Crippen LogP contribution in [0.15, 0.2) is 0 Å². The zero-order valence-corrected chi connectivity index (χ0v) is 20.1. The van der Waals surface area contributed by atoms with E-state index in [-0.39, 0.29) is 18.9 Å². The summed E-state index contributed by atoms with van der Waals surface area (Å²) in [7, 11) is 1.16. The molecule has 4 atom stereocenters. The molecular formula is C21H34N4O9. The van der Waals surface area contributed by atoms with Gasteiger partial charge in [-0.25, -0.2) is 9.86 Å². The van der Waals surface area contributed by atoms with E-state index >= 15 is 0 Å². The van der Waals surface area contributed by atoms with Crippen LogP contribution in [0.1, 0.15) is 53.4 Å². The molecule has 0 unspecified atom stereocenters. The number of amides is 4. The summed E-state index contributed by atoms with van der Waals surface area (Å²) in [6, 6.07) is -4.15. The predicted octanol–water partition coefficient (Wildman–Crippen LogP) is -0.649. The van der Waals surface area contributed by atoms with Gasteiger partial charge in [0.25, 0.3) is 0 Å². The van der Waals surface area contributed by atoms with Gasteiger partial charge in [0.15, 0.2) is 0 Å². The number of likely N-dealkylation sites (tertiary alicyclic amines) is 1. The Balaban J connectivity index is 2.80. The van der Waals surface area contributed by atoms with Crippen molar-refractivity contribution in [2.75, 3.05) is 13.7 Å². The van der Waals surface area contributed by atoms with Crippen molar-refractivity contribution in [3.8, 4) is 0 Å². The molecule has 34 heavy (non-hydrogen) atoms. The highest BCUT2D eigenvalue weighted by Gasteiger charge is 2.38. The van der Waals surface area contributed by atoms with Crippen LogP contribution < -0.4 is 10.6 Å². The molecule has 0 aromatic heterocycles. The van der Waals surface area contributed by atoms with Gasteiger partial charge in [0.05, 0.1) is 13.5 Å². The van der Waals surface area contributed by atoms with E-state index in [1.165, 1.54) is 18.7 Å². The smallest absolute Gasteiger partial charge is 0.326 e. The molecule has 1 heterocycles. The number of hydrogen-bond donors (Lipinski definition) is 4. The Hall–Kier alpha value is -3.22. The molecule has 0 saturated carbocycles. The lowest BCUT2D eigenvalue weighted by Crippen LogP contribution is -2.57. The quantitative estimate of drug-likeness (QED) is 0.260. The Morgan fingerprint density at radius 3 is 2.15 bits per heavy atom. The summed E-state index contributed by atoms with van der Waals surface area (Å²) in [5.41, 5.74) is 0. The highest BCUT2D eigenvalue weighted by atomic mass is 16.7. The molecule has 0 aromatic rings. The van der Waals surface area contributed by atoms with Gasteiger partial charge in [-0.15, -0.1) is 0 Å². The highest BCUT2D eigenvalue weighted by Crippen LogP contribution is 2.19. The number of carboxylic acids is 2. The van der Waals surface area contributed by atoms with Crippen LogP contribution in [-0.4, -0.2) is 93.6 Å². The second-order valence-corrected chi connectivity index (χ2v) is 8.46. The van der Waals surface area contributed by atoms with E-state index in [4.69, 9.17) is 9.94 Å². The first-order valence-corrected chi connectivity index (χ1v) is 11.0. The van der Waals surface area contributed by atoms with Gasteiger partial charge < -0.3 is 25.7 Å². The van der Waals surface area contributed by atoms with Crippen molar-refractivity contribution in [1.29, 1.82) is 0 Å². The summed E-state index contributed by atoms with van der Waals surface area (Å²) in [5, 5.41) is 23.7. The lowest BCUT2D eigenvalue weighted by molar-refractivity contribution is -0.190. The molecule has 13 heteroatoms.